The van der Waals surface area contributed by atoms with Crippen molar-refractivity contribution in [1.29, 1.82) is 0 Å². The van der Waals surface area contributed by atoms with Gasteiger partial charge in [0.05, 0.1) is 0 Å². The van der Waals surface area contributed by atoms with Crippen molar-refractivity contribution in [3.63, 3.8) is 0 Å². The molecule has 0 bridgehead atoms. The first kappa shape index (κ1) is 17.3. The van der Waals surface area contributed by atoms with Gasteiger partial charge in [0.2, 0.25) is 0 Å². The lowest BCUT2D eigenvalue weighted by molar-refractivity contribution is 0.00583. The molecule has 1 heterocycles. The molecule has 0 radical (unpaired) electrons. The highest BCUT2D eigenvalue weighted by Crippen LogP contribution is 2.36. The third-order valence-corrected chi connectivity index (χ3v) is 5.07. The second kappa shape index (κ2) is 6.88. The molecule has 0 spiro atoms. The SMILES string of the molecule is C[C@@]1(c2ccccc2)CCN(c2cccc(-c3ccc(F)cc3)c2)C(=O)O1. The molecule has 3 aromatic rings. The van der Waals surface area contributed by atoms with Gasteiger partial charge in [0.15, 0.2) is 0 Å². The number of hydrogen-bond acceptors (Lipinski definition) is 2. The number of carbonyl (C=O) groups excluding carboxylic acids is 1. The first-order valence-corrected chi connectivity index (χ1v) is 8.97. The van der Waals surface area contributed by atoms with Crippen molar-refractivity contribution in [2.75, 3.05) is 11.4 Å². The van der Waals surface area contributed by atoms with Crippen LogP contribution in [0.2, 0.25) is 0 Å². The molecule has 1 saturated heterocycles. The van der Waals surface area contributed by atoms with Gasteiger partial charge >= 0.3 is 6.09 Å². The highest BCUT2D eigenvalue weighted by Gasteiger charge is 2.38. The van der Waals surface area contributed by atoms with E-state index in [1.807, 2.05) is 61.5 Å². The second-order valence-corrected chi connectivity index (χ2v) is 6.92. The molecule has 27 heavy (non-hydrogen) atoms. The number of anilines is 1. The van der Waals surface area contributed by atoms with Crippen LogP contribution in [0.3, 0.4) is 0 Å². The summed E-state index contributed by atoms with van der Waals surface area (Å²) in [5.74, 6) is -0.269. The maximum atomic E-state index is 13.2. The molecule has 1 aliphatic rings. The van der Waals surface area contributed by atoms with E-state index >= 15 is 0 Å². The summed E-state index contributed by atoms with van der Waals surface area (Å²) in [6.45, 7) is 2.52. The average Bonchev–Trinajstić information content (AvgIpc) is 2.69. The van der Waals surface area contributed by atoms with Crippen LogP contribution >= 0.6 is 0 Å². The van der Waals surface area contributed by atoms with Gasteiger partial charge in [-0.25, -0.2) is 9.18 Å². The minimum absolute atomic E-state index is 0.269. The fraction of sp³-hybridized carbons (Fsp3) is 0.174. The quantitative estimate of drug-likeness (QED) is 0.594. The van der Waals surface area contributed by atoms with Crippen LogP contribution in [-0.4, -0.2) is 12.6 Å². The Labute approximate surface area is 158 Å². The van der Waals surface area contributed by atoms with E-state index in [2.05, 4.69) is 0 Å². The van der Waals surface area contributed by atoms with Gasteiger partial charge in [0.25, 0.3) is 0 Å². The topological polar surface area (TPSA) is 29.5 Å². The van der Waals surface area contributed by atoms with Crippen LogP contribution in [0, 0.1) is 5.82 Å². The summed E-state index contributed by atoms with van der Waals surface area (Å²) in [5.41, 5.74) is 2.98. The van der Waals surface area contributed by atoms with Crippen LogP contribution in [0.4, 0.5) is 14.9 Å². The molecule has 3 nitrogen and oxygen atoms in total. The Kier molecular flexibility index (Phi) is 4.40. The molecule has 4 rings (SSSR count). The molecule has 1 atom stereocenters. The highest BCUT2D eigenvalue weighted by atomic mass is 19.1. The highest BCUT2D eigenvalue weighted by molar-refractivity contribution is 5.89. The maximum Gasteiger partial charge on any atom is 0.415 e. The molecular formula is C23H20FNO2. The normalized spacial score (nSPS) is 19.6. The molecule has 0 aliphatic carbocycles. The first-order valence-electron chi connectivity index (χ1n) is 8.97. The summed E-state index contributed by atoms with van der Waals surface area (Å²) < 4.78 is 19.0. The van der Waals surface area contributed by atoms with Gasteiger partial charge in [0.1, 0.15) is 11.4 Å². The molecule has 0 aromatic heterocycles. The standard InChI is InChI=1S/C23H20FNO2/c1-23(19-7-3-2-4-8-19)14-15-25(22(26)27-23)21-9-5-6-18(16-21)17-10-12-20(24)13-11-17/h2-13,16H,14-15H2,1H3/t23-/m0/s1. The lowest BCUT2D eigenvalue weighted by Gasteiger charge is -2.39. The molecule has 136 valence electrons. The maximum absolute atomic E-state index is 13.2. The second-order valence-electron chi connectivity index (χ2n) is 6.92. The summed E-state index contributed by atoms with van der Waals surface area (Å²) in [6, 6.07) is 23.8. The molecular weight excluding hydrogens is 341 g/mol. The Hall–Kier alpha value is -3.14. The lowest BCUT2D eigenvalue weighted by atomic mass is 9.91. The predicted octanol–water partition coefficient (Wildman–Crippen LogP) is 5.75. The smallest absolute Gasteiger partial charge is 0.415 e. The first-order chi connectivity index (χ1) is 13.0. The number of hydrogen-bond donors (Lipinski definition) is 0. The van der Waals surface area contributed by atoms with Crippen molar-refractivity contribution in [2.24, 2.45) is 0 Å². The molecule has 0 N–H and O–H groups in total. The van der Waals surface area contributed by atoms with E-state index in [1.54, 1.807) is 17.0 Å². The van der Waals surface area contributed by atoms with Gasteiger partial charge in [0, 0.05) is 18.7 Å². The Balaban J connectivity index is 1.58. The zero-order valence-electron chi connectivity index (χ0n) is 15.1. The van der Waals surface area contributed by atoms with Gasteiger partial charge in [-0.15, -0.1) is 0 Å². The Bertz CT molecular complexity index is 956. The number of amides is 1. The molecule has 0 saturated carbocycles. The van der Waals surface area contributed by atoms with Crippen molar-refractivity contribution >= 4 is 11.8 Å². The van der Waals surface area contributed by atoms with E-state index in [0.29, 0.717) is 13.0 Å². The van der Waals surface area contributed by atoms with Crippen LogP contribution in [0.5, 0.6) is 0 Å². The summed E-state index contributed by atoms with van der Waals surface area (Å²) in [7, 11) is 0. The molecule has 0 unspecified atom stereocenters. The van der Waals surface area contributed by atoms with Gasteiger partial charge in [-0.1, -0.05) is 54.6 Å². The third kappa shape index (κ3) is 3.43. The Morgan fingerprint density at radius 1 is 0.926 bits per heavy atom. The van der Waals surface area contributed by atoms with Crippen molar-refractivity contribution in [2.45, 2.75) is 18.9 Å². The number of carbonyl (C=O) groups is 1. The largest absolute Gasteiger partial charge is 0.438 e. The minimum Gasteiger partial charge on any atom is -0.438 e. The average molecular weight is 361 g/mol. The van der Waals surface area contributed by atoms with E-state index in [1.165, 1.54) is 12.1 Å². The van der Waals surface area contributed by atoms with Crippen LogP contribution in [0.25, 0.3) is 11.1 Å². The van der Waals surface area contributed by atoms with Crippen molar-refractivity contribution in [3.05, 3.63) is 90.2 Å². The van der Waals surface area contributed by atoms with Crippen LogP contribution < -0.4 is 4.90 Å². The van der Waals surface area contributed by atoms with Gasteiger partial charge in [-0.3, -0.25) is 4.90 Å². The predicted molar refractivity (Wildman–Crippen MR) is 104 cm³/mol. The number of benzene rings is 3. The molecule has 3 aromatic carbocycles. The number of cyclic esters (lactones) is 1. The van der Waals surface area contributed by atoms with E-state index in [0.717, 1.165) is 22.4 Å². The van der Waals surface area contributed by atoms with E-state index < -0.39 is 5.60 Å². The summed E-state index contributed by atoms with van der Waals surface area (Å²) >= 11 is 0. The minimum atomic E-state index is -0.622. The van der Waals surface area contributed by atoms with Gasteiger partial charge in [-0.2, -0.15) is 0 Å². The lowest BCUT2D eigenvalue weighted by Crippen LogP contribution is -2.46. The number of halogens is 1. The Morgan fingerprint density at radius 2 is 1.67 bits per heavy atom. The zero-order chi connectivity index (χ0) is 18.9. The molecule has 4 heteroatoms. The monoisotopic (exact) mass is 361 g/mol. The molecule has 1 fully saturated rings. The van der Waals surface area contributed by atoms with Crippen LogP contribution in [-0.2, 0) is 10.3 Å². The number of nitrogens with zero attached hydrogens (tertiary/aromatic N) is 1. The van der Waals surface area contributed by atoms with E-state index in [9.17, 15) is 9.18 Å². The van der Waals surface area contributed by atoms with Crippen LogP contribution in [0.1, 0.15) is 18.9 Å². The number of rotatable bonds is 3. The van der Waals surface area contributed by atoms with E-state index in [4.69, 9.17) is 4.74 Å². The van der Waals surface area contributed by atoms with Gasteiger partial charge in [-0.05, 0) is 47.9 Å². The van der Waals surface area contributed by atoms with Crippen molar-refractivity contribution in [1.82, 2.24) is 0 Å². The number of ether oxygens (including phenoxy) is 1. The molecule has 1 amide bonds. The fourth-order valence-corrected chi connectivity index (χ4v) is 3.44. The zero-order valence-corrected chi connectivity index (χ0v) is 15.1. The summed E-state index contributed by atoms with van der Waals surface area (Å²) in [4.78, 5) is 14.4. The Morgan fingerprint density at radius 3 is 2.37 bits per heavy atom. The van der Waals surface area contributed by atoms with Crippen LogP contribution in [0.15, 0.2) is 78.9 Å². The fourth-order valence-electron chi connectivity index (χ4n) is 3.44. The molecule has 1 aliphatic heterocycles. The van der Waals surface area contributed by atoms with Crippen molar-refractivity contribution < 1.29 is 13.9 Å². The summed E-state index contributed by atoms with van der Waals surface area (Å²) in [6.07, 6.45) is 0.340. The van der Waals surface area contributed by atoms with Crippen molar-refractivity contribution in [3.8, 4) is 11.1 Å². The third-order valence-electron chi connectivity index (χ3n) is 5.07. The van der Waals surface area contributed by atoms with E-state index in [-0.39, 0.29) is 11.9 Å². The van der Waals surface area contributed by atoms with Gasteiger partial charge < -0.3 is 4.74 Å². The summed E-state index contributed by atoms with van der Waals surface area (Å²) in [5, 5.41) is 0.